The zero-order chi connectivity index (χ0) is 30.1. The Kier molecular flexibility index (Phi) is 7.71. The van der Waals surface area contributed by atoms with Crippen LogP contribution in [0.5, 0.6) is 11.5 Å². The van der Waals surface area contributed by atoms with Crippen molar-refractivity contribution in [2.45, 2.75) is 12.8 Å². The molecule has 0 saturated carbocycles. The number of nitrogens with zero attached hydrogens (tertiary/aromatic N) is 4. The Morgan fingerprint density at radius 2 is 1.86 bits per heavy atom. The monoisotopic (exact) mass is 597 g/mol. The second-order valence-electron chi connectivity index (χ2n) is 10.2. The maximum Gasteiger partial charge on any atom is 0.280 e. The predicted octanol–water partition coefficient (Wildman–Crippen LogP) is 5.65. The number of hydrogen-bond acceptors (Lipinski definition) is 7. The molecule has 1 aliphatic heterocycles. The molecule has 1 atom stereocenters. The van der Waals surface area contributed by atoms with Gasteiger partial charge in [-0.25, -0.2) is 4.68 Å². The normalized spacial score (nSPS) is 14.1. The second-order valence-corrected chi connectivity index (χ2v) is 10.5. The van der Waals surface area contributed by atoms with Gasteiger partial charge in [0.2, 0.25) is 0 Å². The average molecular weight is 598 g/mol. The summed E-state index contributed by atoms with van der Waals surface area (Å²) in [5.41, 5.74) is 4.46. The number of phenols is 1. The summed E-state index contributed by atoms with van der Waals surface area (Å²) in [5, 5.41) is 23.6. The molecule has 6 rings (SSSR count). The molecule has 0 fully saturated rings. The summed E-state index contributed by atoms with van der Waals surface area (Å²) in [6, 6.07) is 21.1. The van der Waals surface area contributed by atoms with Gasteiger partial charge >= 0.3 is 0 Å². The van der Waals surface area contributed by atoms with E-state index in [9.17, 15) is 14.7 Å². The summed E-state index contributed by atoms with van der Waals surface area (Å²) in [5.74, 6) is 0.334. The standard InChI is InChI=1S/C32H28ClN5O5/c1-19-4-3-5-25-28(39)14-27-30(29(19)25)21(15-33)16-37(27)32(41)26-17-38(36-35-26)23-10-8-22(9-11-23)34-31(40)20-6-12-24(13-7-20)43-18-42-2/h3-14,17,21,39H,15-16,18H2,1-2H3,(H,34,40)/t21-/m1/s1. The van der Waals surface area contributed by atoms with Gasteiger partial charge in [0, 0.05) is 48.2 Å². The van der Waals surface area contributed by atoms with Gasteiger partial charge in [-0.2, -0.15) is 0 Å². The molecule has 0 unspecified atom stereocenters. The number of ether oxygens (including phenoxy) is 2. The van der Waals surface area contributed by atoms with Crippen molar-refractivity contribution >= 4 is 45.6 Å². The van der Waals surface area contributed by atoms with Gasteiger partial charge in [-0.3, -0.25) is 9.59 Å². The first-order chi connectivity index (χ1) is 20.9. The van der Waals surface area contributed by atoms with Crippen molar-refractivity contribution in [3.63, 3.8) is 0 Å². The van der Waals surface area contributed by atoms with E-state index in [0.717, 1.165) is 21.9 Å². The topological polar surface area (TPSA) is 119 Å². The number of rotatable bonds is 8. The maximum absolute atomic E-state index is 13.7. The van der Waals surface area contributed by atoms with E-state index in [4.69, 9.17) is 21.1 Å². The number of halogens is 1. The summed E-state index contributed by atoms with van der Waals surface area (Å²) in [4.78, 5) is 27.9. The second kappa shape index (κ2) is 11.7. The number of aromatic hydroxyl groups is 1. The van der Waals surface area contributed by atoms with Crippen LogP contribution in [0.1, 0.15) is 37.9 Å². The number of alkyl halides is 1. The first-order valence-electron chi connectivity index (χ1n) is 13.6. The number of carbonyl (C=O) groups excluding carboxylic acids is 2. The predicted molar refractivity (Wildman–Crippen MR) is 164 cm³/mol. The van der Waals surface area contributed by atoms with Crippen molar-refractivity contribution in [3.8, 4) is 17.2 Å². The minimum absolute atomic E-state index is 0.0930. The fraction of sp³-hybridized carbons (Fsp3) is 0.188. The van der Waals surface area contributed by atoms with Gasteiger partial charge in [0.1, 0.15) is 11.5 Å². The zero-order valence-corrected chi connectivity index (χ0v) is 24.2. The molecule has 1 aromatic heterocycles. The SMILES string of the molecule is COCOc1ccc(C(=O)Nc2ccc(-n3cc(C(=O)N4C[C@@H](CCl)c5c4cc(O)c4cccc(C)c54)nn3)cc2)cc1. The van der Waals surface area contributed by atoms with E-state index in [2.05, 4.69) is 15.6 Å². The fourth-order valence-corrected chi connectivity index (χ4v) is 5.63. The van der Waals surface area contributed by atoms with Crippen LogP contribution in [-0.4, -0.2) is 58.2 Å². The highest BCUT2D eigenvalue weighted by atomic mass is 35.5. The molecule has 0 bridgehead atoms. The van der Waals surface area contributed by atoms with Crippen LogP contribution in [0.3, 0.4) is 0 Å². The molecule has 4 aromatic carbocycles. The molecule has 11 heteroatoms. The van der Waals surface area contributed by atoms with E-state index < -0.39 is 0 Å². The molecule has 1 aliphatic rings. The van der Waals surface area contributed by atoms with Crippen LogP contribution in [0.15, 0.2) is 79.0 Å². The number of anilines is 2. The zero-order valence-electron chi connectivity index (χ0n) is 23.5. The highest BCUT2D eigenvalue weighted by Crippen LogP contribution is 2.46. The van der Waals surface area contributed by atoms with Crippen LogP contribution < -0.4 is 15.0 Å². The highest BCUT2D eigenvalue weighted by molar-refractivity contribution is 6.19. The minimum atomic E-state index is -0.338. The van der Waals surface area contributed by atoms with Crippen molar-refractivity contribution in [1.29, 1.82) is 0 Å². The molecule has 0 spiro atoms. The van der Waals surface area contributed by atoms with E-state index in [0.29, 0.717) is 40.8 Å². The maximum atomic E-state index is 13.7. The molecule has 0 radical (unpaired) electrons. The van der Waals surface area contributed by atoms with E-state index in [1.165, 1.54) is 11.8 Å². The largest absolute Gasteiger partial charge is 0.507 e. The van der Waals surface area contributed by atoms with Crippen molar-refractivity contribution in [2.24, 2.45) is 0 Å². The lowest BCUT2D eigenvalue weighted by Gasteiger charge is -2.17. The fourth-order valence-electron chi connectivity index (χ4n) is 5.37. The lowest BCUT2D eigenvalue weighted by Crippen LogP contribution is -2.30. The third kappa shape index (κ3) is 5.38. The Morgan fingerprint density at radius 1 is 1.09 bits per heavy atom. The van der Waals surface area contributed by atoms with Crippen molar-refractivity contribution < 1.29 is 24.2 Å². The number of carbonyl (C=O) groups is 2. The van der Waals surface area contributed by atoms with Crippen LogP contribution >= 0.6 is 11.6 Å². The molecule has 10 nitrogen and oxygen atoms in total. The first-order valence-corrected chi connectivity index (χ1v) is 14.1. The third-order valence-electron chi connectivity index (χ3n) is 7.46. The van der Waals surface area contributed by atoms with Gasteiger partial charge in [0.15, 0.2) is 12.5 Å². The first kappa shape index (κ1) is 28.2. The summed E-state index contributed by atoms with van der Waals surface area (Å²) in [6.07, 6.45) is 1.56. The summed E-state index contributed by atoms with van der Waals surface area (Å²) in [7, 11) is 1.54. The van der Waals surface area contributed by atoms with Gasteiger partial charge in [0.25, 0.3) is 11.8 Å². The molecule has 2 N–H and O–H groups in total. The Morgan fingerprint density at radius 3 is 2.58 bits per heavy atom. The molecule has 0 saturated heterocycles. The van der Waals surface area contributed by atoms with Gasteiger partial charge in [-0.15, -0.1) is 16.7 Å². The van der Waals surface area contributed by atoms with Crippen molar-refractivity contribution in [3.05, 3.63) is 101 Å². The number of phenolic OH excluding ortho intramolecular Hbond substituents is 1. The average Bonchev–Trinajstić information content (AvgIpc) is 3.66. The van der Waals surface area contributed by atoms with Gasteiger partial charge < -0.3 is 24.8 Å². The molecule has 2 heterocycles. The van der Waals surface area contributed by atoms with Crippen molar-refractivity contribution in [2.75, 3.05) is 36.5 Å². The highest BCUT2D eigenvalue weighted by Gasteiger charge is 2.36. The summed E-state index contributed by atoms with van der Waals surface area (Å²) in [6.45, 7) is 2.48. The molecule has 0 aliphatic carbocycles. The number of nitrogens with one attached hydrogen (secondary N) is 1. The smallest absolute Gasteiger partial charge is 0.280 e. The number of fused-ring (bicyclic) bond motifs is 3. The molecule has 218 valence electrons. The van der Waals surface area contributed by atoms with E-state index in [1.54, 1.807) is 65.7 Å². The molecular weight excluding hydrogens is 570 g/mol. The van der Waals surface area contributed by atoms with Gasteiger partial charge in [-0.1, -0.05) is 23.4 Å². The molecule has 43 heavy (non-hydrogen) atoms. The summed E-state index contributed by atoms with van der Waals surface area (Å²) < 4.78 is 11.7. The van der Waals surface area contributed by atoms with Crippen molar-refractivity contribution in [1.82, 2.24) is 15.0 Å². The Hall–Kier alpha value is -4.93. The molecule has 2 amide bonds. The number of benzene rings is 4. The number of hydrogen-bond donors (Lipinski definition) is 2. The van der Waals surface area contributed by atoms with Crippen LogP contribution in [0.4, 0.5) is 11.4 Å². The number of aromatic nitrogens is 3. The third-order valence-corrected chi connectivity index (χ3v) is 7.84. The molecular formula is C32H28ClN5O5. The van der Waals surface area contributed by atoms with Crippen LogP contribution in [0.25, 0.3) is 16.5 Å². The number of amides is 2. The van der Waals surface area contributed by atoms with E-state index in [-0.39, 0.29) is 36.0 Å². The van der Waals surface area contributed by atoms with Crippen LogP contribution in [0.2, 0.25) is 0 Å². The Labute approximate surface area is 252 Å². The van der Waals surface area contributed by atoms with E-state index in [1.807, 2.05) is 25.1 Å². The lowest BCUT2D eigenvalue weighted by molar-refractivity contribution is 0.0511. The van der Waals surface area contributed by atoms with Crippen LogP contribution in [-0.2, 0) is 4.74 Å². The minimum Gasteiger partial charge on any atom is -0.507 e. The Bertz CT molecular complexity index is 1820. The number of methoxy groups -OCH3 is 1. The van der Waals surface area contributed by atoms with Gasteiger partial charge in [0.05, 0.1) is 17.6 Å². The quantitative estimate of drug-likeness (QED) is 0.175. The van der Waals surface area contributed by atoms with Gasteiger partial charge in [-0.05, 0) is 72.0 Å². The van der Waals surface area contributed by atoms with E-state index >= 15 is 0 Å². The lowest BCUT2D eigenvalue weighted by atomic mass is 9.92. The van der Waals surface area contributed by atoms with Crippen LogP contribution in [0, 0.1) is 6.92 Å². The Balaban J connectivity index is 1.18. The summed E-state index contributed by atoms with van der Waals surface area (Å²) >= 11 is 6.36. The number of aryl methyl sites for hydroxylation is 1. The molecule has 5 aromatic rings.